The molecule has 4 heteroatoms. The van der Waals surface area contributed by atoms with E-state index in [4.69, 9.17) is 0 Å². The van der Waals surface area contributed by atoms with Gasteiger partial charge in [0.1, 0.15) is 5.82 Å². The third-order valence-corrected chi connectivity index (χ3v) is 4.31. The molecule has 2 aromatic rings. The second kappa shape index (κ2) is 6.44. The topological polar surface area (TPSA) is 32.3 Å². The van der Waals surface area contributed by atoms with Gasteiger partial charge in [0.15, 0.2) is 0 Å². The summed E-state index contributed by atoms with van der Waals surface area (Å²) in [5.41, 5.74) is 3.42. The van der Waals surface area contributed by atoms with Gasteiger partial charge in [-0.1, -0.05) is 19.9 Å². The molecule has 0 spiro atoms. The summed E-state index contributed by atoms with van der Waals surface area (Å²) in [5, 5.41) is 0. The first-order chi connectivity index (χ1) is 10.6. The fourth-order valence-electron chi connectivity index (χ4n) is 2.87. The van der Waals surface area contributed by atoms with Gasteiger partial charge in [-0.05, 0) is 36.7 Å². The van der Waals surface area contributed by atoms with Crippen LogP contribution in [-0.2, 0) is 0 Å². The van der Waals surface area contributed by atoms with E-state index in [1.165, 1.54) is 5.56 Å². The van der Waals surface area contributed by atoms with Crippen molar-refractivity contribution in [2.24, 2.45) is 0 Å². The van der Waals surface area contributed by atoms with Crippen LogP contribution < -0.4 is 4.90 Å². The normalized spacial score (nSPS) is 16.3. The minimum Gasteiger partial charge on any atom is -0.354 e. The molecule has 4 nitrogen and oxygen atoms in total. The first-order valence-electron chi connectivity index (χ1n) is 8.00. The monoisotopic (exact) mass is 296 g/mol. The predicted octanol–water partition coefficient (Wildman–Crippen LogP) is 3.02. The zero-order chi connectivity index (χ0) is 15.5. The van der Waals surface area contributed by atoms with Crippen LogP contribution in [0.4, 0.5) is 5.82 Å². The van der Waals surface area contributed by atoms with E-state index in [0.29, 0.717) is 5.92 Å². The van der Waals surface area contributed by atoms with E-state index in [-0.39, 0.29) is 0 Å². The van der Waals surface area contributed by atoms with Crippen molar-refractivity contribution in [1.29, 1.82) is 0 Å². The van der Waals surface area contributed by atoms with Crippen LogP contribution in [0.2, 0.25) is 0 Å². The van der Waals surface area contributed by atoms with E-state index in [2.05, 4.69) is 58.9 Å². The molecule has 0 atom stereocenters. The number of nitrogens with zero attached hydrogens (tertiary/aromatic N) is 4. The van der Waals surface area contributed by atoms with E-state index >= 15 is 0 Å². The quantitative estimate of drug-likeness (QED) is 0.871. The summed E-state index contributed by atoms with van der Waals surface area (Å²) in [4.78, 5) is 13.9. The molecule has 0 radical (unpaired) electrons. The van der Waals surface area contributed by atoms with Crippen LogP contribution in [-0.4, -0.2) is 48.1 Å². The van der Waals surface area contributed by atoms with Crippen LogP contribution in [0, 0.1) is 0 Å². The minimum atomic E-state index is 0.459. The van der Waals surface area contributed by atoms with Crippen LogP contribution in [0.15, 0.2) is 36.7 Å². The number of pyridine rings is 2. The maximum atomic E-state index is 4.67. The van der Waals surface area contributed by atoms with Crippen molar-refractivity contribution in [2.75, 3.05) is 38.1 Å². The summed E-state index contributed by atoms with van der Waals surface area (Å²) in [7, 11) is 2.17. The lowest BCUT2D eigenvalue weighted by Gasteiger charge is -2.33. The molecule has 116 valence electrons. The average Bonchev–Trinajstić information content (AvgIpc) is 2.56. The minimum absolute atomic E-state index is 0.459. The summed E-state index contributed by atoms with van der Waals surface area (Å²) >= 11 is 0. The summed E-state index contributed by atoms with van der Waals surface area (Å²) in [6.45, 7) is 8.69. The average molecular weight is 296 g/mol. The number of anilines is 1. The number of hydrogen-bond acceptors (Lipinski definition) is 4. The zero-order valence-corrected chi connectivity index (χ0v) is 13.7. The molecule has 1 saturated heterocycles. The highest BCUT2D eigenvalue weighted by Gasteiger charge is 2.16. The smallest absolute Gasteiger partial charge is 0.128 e. The SMILES string of the molecule is CC(C)c1cccnc1-c1ccc(N2CCN(C)CC2)nc1. The second-order valence-corrected chi connectivity index (χ2v) is 6.29. The molecule has 1 aliphatic heterocycles. The Hall–Kier alpha value is -1.94. The Bertz CT molecular complexity index is 613. The molecule has 0 saturated carbocycles. The summed E-state index contributed by atoms with van der Waals surface area (Å²) in [6, 6.07) is 8.43. The lowest BCUT2D eigenvalue weighted by Crippen LogP contribution is -2.44. The van der Waals surface area contributed by atoms with Crippen molar-refractivity contribution in [1.82, 2.24) is 14.9 Å². The first-order valence-corrected chi connectivity index (χ1v) is 8.00. The highest BCUT2D eigenvalue weighted by molar-refractivity contribution is 5.64. The number of likely N-dealkylation sites (N-methyl/N-ethyl adjacent to an activating group) is 1. The van der Waals surface area contributed by atoms with E-state index in [1.807, 2.05) is 18.5 Å². The first kappa shape index (κ1) is 15.0. The van der Waals surface area contributed by atoms with Crippen molar-refractivity contribution in [3.8, 4) is 11.3 Å². The van der Waals surface area contributed by atoms with Gasteiger partial charge >= 0.3 is 0 Å². The summed E-state index contributed by atoms with van der Waals surface area (Å²) in [5.74, 6) is 1.53. The highest BCUT2D eigenvalue weighted by atomic mass is 15.3. The van der Waals surface area contributed by atoms with Gasteiger partial charge in [-0.3, -0.25) is 4.98 Å². The fraction of sp³-hybridized carbons (Fsp3) is 0.444. The number of piperazine rings is 1. The Labute approximate surface area is 132 Å². The van der Waals surface area contributed by atoms with Crippen LogP contribution in [0.5, 0.6) is 0 Å². The lowest BCUT2D eigenvalue weighted by molar-refractivity contribution is 0.312. The Balaban J connectivity index is 1.83. The molecule has 0 aliphatic carbocycles. The molecule has 0 aromatic carbocycles. The number of hydrogen-bond donors (Lipinski definition) is 0. The van der Waals surface area contributed by atoms with E-state index in [0.717, 1.165) is 43.3 Å². The third kappa shape index (κ3) is 3.12. The standard InChI is InChI=1S/C18H24N4/c1-14(2)16-5-4-8-19-18(16)15-6-7-17(20-13-15)22-11-9-21(3)10-12-22/h4-8,13-14H,9-12H2,1-3H3. The Morgan fingerprint density at radius 1 is 1.00 bits per heavy atom. The van der Waals surface area contributed by atoms with Gasteiger partial charge in [-0.25, -0.2) is 4.98 Å². The zero-order valence-electron chi connectivity index (χ0n) is 13.7. The highest BCUT2D eigenvalue weighted by Crippen LogP contribution is 2.27. The van der Waals surface area contributed by atoms with Crippen molar-refractivity contribution in [3.63, 3.8) is 0 Å². The molecule has 0 bridgehead atoms. The van der Waals surface area contributed by atoms with Crippen LogP contribution >= 0.6 is 0 Å². The molecular weight excluding hydrogens is 272 g/mol. The molecule has 22 heavy (non-hydrogen) atoms. The molecule has 3 heterocycles. The molecule has 0 amide bonds. The molecule has 3 rings (SSSR count). The van der Waals surface area contributed by atoms with Gasteiger partial charge in [0, 0.05) is 44.1 Å². The van der Waals surface area contributed by atoms with Crippen molar-refractivity contribution >= 4 is 5.82 Å². The van der Waals surface area contributed by atoms with Gasteiger partial charge in [0.25, 0.3) is 0 Å². The van der Waals surface area contributed by atoms with Gasteiger partial charge in [-0.15, -0.1) is 0 Å². The van der Waals surface area contributed by atoms with Crippen LogP contribution in [0.1, 0.15) is 25.3 Å². The molecule has 2 aromatic heterocycles. The number of rotatable bonds is 3. The molecule has 1 fully saturated rings. The fourth-order valence-corrected chi connectivity index (χ4v) is 2.87. The summed E-state index contributed by atoms with van der Waals surface area (Å²) < 4.78 is 0. The predicted molar refractivity (Wildman–Crippen MR) is 91.3 cm³/mol. The summed E-state index contributed by atoms with van der Waals surface area (Å²) in [6.07, 6.45) is 3.82. The molecule has 0 unspecified atom stereocenters. The second-order valence-electron chi connectivity index (χ2n) is 6.29. The Morgan fingerprint density at radius 3 is 2.41 bits per heavy atom. The van der Waals surface area contributed by atoms with Crippen LogP contribution in [0.3, 0.4) is 0 Å². The molecular formula is C18H24N4. The van der Waals surface area contributed by atoms with Crippen molar-refractivity contribution in [3.05, 3.63) is 42.2 Å². The number of aromatic nitrogens is 2. The largest absolute Gasteiger partial charge is 0.354 e. The van der Waals surface area contributed by atoms with Gasteiger partial charge in [0.05, 0.1) is 5.69 Å². The Morgan fingerprint density at radius 2 is 1.77 bits per heavy atom. The third-order valence-electron chi connectivity index (χ3n) is 4.31. The van der Waals surface area contributed by atoms with Crippen molar-refractivity contribution in [2.45, 2.75) is 19.8 Å². The van der Waals surface area contributed by atoms with Gasteiger partial charge in [0.2, 0.25) is 0 Å². The molecule has 0 N–H and O–H groups in total. The van der Waals surface area contributed by atoms with Gasteiger partial charge < -0.3 is 9.80 Å². The van der Waals surface area contributed by atoms with E-state index in [9.17, 15) is 0 Å². The van der Waals surface area contributed by atoms with E-state index < -0.39 is 0 Å². The Kier molecular flexibility index (Phi) is 4.39. The van der Waals surface area contributed by atoms with Gasteiger partial charge in [-0.2, -0.15) is 0 Å². The van der Waals surface area contributed by atoms with Crippen molar-refractivity contribution < 1.29 is 0 Å². The maximum Gasteiger partial charge on any atom is 0.128 e. The lowest BCUT2D eigenvalue weighted by atomic mass is 9.98. The maximum absolute atomic E-state index is 4.67. The van der Waals surface area contributed by atoms with Crippen LogP contribution in [0.25, 0.3) is 11.3 Å². The van der Waals surface area contributed by atoms with E-state index in [1.54, 1.807) is 0 Å². The molecule has 1 aliphatic rings.